The number of nitrogens with zero attached hydrogens (tertiary/aromatic N) is 1. The van der Waals surface area contributed by atoms with Crippen molar-refractivity contribution in [2.45, 2.75) is 26.2 Å². The van der Waals surface area contributed by atoms with Crippen molar-refractivity contribution in [1.29, 1.82) is 0 Å². The van der Waals surface area contributed by atoms with Crippen LogP contribution in [-0.4, -0.2) is 28.2 Å². The number of hydrogen-bond donors (Lipinski definition) is 2. The van der Waals surface area contributed by atoms with E-state index in [-0.39, 0.29) is 11.2 Å². The fraction of sp³-hybridized carbons (Fsp3) is 0.333. The topological polar surface area (TPSA) is 75.2 Å². The average molecular weight is 274 g/mol. The number of hydrogen-bond acceptors (Lipinski definition) is 3. The molecular formula is C15H18N2O3. The maximum Gasteiger partial charge on any atom is 0.371 e. The van der Waals surface area contributed by atoms with E-state index in [1.807, 2.05) is 18.2 Å². The van der Waals surface area contributed by atoms with Crippen molar-refractivity contribution in [3.05, 3.63) is 35.8 Å². The molecule has 0 radical (unpaired) electrons. The Balaban J connectivity index is 2.55. The van der Waals surface area contributed by atoms with Crippen LogP contribution in [0.2, 0.25) is 0 Å². The Morgan fingerprint density at radius 2 is 2.05 bits per heavy atom. The molecule has 2 rings (SSSR count). The van der Waals surface area contributed by atoms with Crippen molar-refractivity contribution in [2.24, 2.45) is 0 Å². The van der Waals surface area contributed by atoms with Crippen LogP contribution >= 0.6 is 0 Å². The van der Waals surface area contributed by atoms with E-state index in [1.54, 1.807) is 7.11 Å². The van der Waals surface area contributed by atoms with Crippen molar-refractivity contribution in [2.75, 3.05) is 7.11 Å². The minimum atomic E-state index is -1.08. The number of aromatic amines is 1. The third-order valence-corrected chi connectivity index (χ3v) is 3.13. The summed E-state index contributed by atoms with van der Waals surface area (Å²) < 4.78 is 5.34. The van der Waals surface area contributed by atoms with Crippen LogP contribution in [0.15, 0.2) is 24.4 Å². The normalized spacial score (nSPS) is 11.4. The summed E-state index contributed by atoms with van der Waals surface area (Å²) in [5, 5.41) is 8.93. The maximum absolute atomic E-state index is 10.9. The zero-order valence-corrected chi connectivity index (χ0v) is 12.0. The second-order valence-electron chi connectivity index (χ2n) is 5.62. The van der Waals surface area contributed by atoms with Gasteiger partial charge in [0.15, 0.2) is 0 Å². The predicted octanol–water partition coefficient (Wildman–Crippen LogP) is 3.08. The van der Waals surface area contributed by atoms with Gasteiger partial charge in [-0.3, -0.25) is 0 Å². The molecule has 0 atom stereocenters. The Morgan fingerprint density at radius 3 is 2.55 bits per heavy atom. The van der Waals surface area contributed by atoms with Crippen molar-refractivity contribution >= 4 is 5.97 Å². The first kappa shape index (κ1) is 14.1. The highest BCUT2D eigenvalue weighted by atomic mass is 16.5. The number of carboxylic acids is 1. The molecule has 1 aromatic carbocycles. The molecule has 0 aliphatic carbocycles. The minimum absolute atomic E-state index is 0.00330. The van der Waals surface area contributed by atoms with Gasteiger partial charge >= 0.3 is 5.97 Å². The van der Waals surface area contributed by atoms with Crippen molar-refractivity contribution < 1.29 is 14.6 Å². The highest BCUT2D eigenvalue weighted by Crippen LogP contribution is 2.33. The Morgan fingerprint density at radius 1 is 1.35 bits per heavy atom. The molecule has 5 heteroatoms. The summed E-state index contributed by atoms with van der Waals surface area (Å²) in [5.74, 6) is -0.482. The minimum Gasteiger partial charge on any atom is -0.496 e. The van der Waals surface area contributed by atoms with Gasteiger partial charge in [0.2, 0.25) is 5.82 Å². The molecule has 1 heterocycles. The number of imidazole rings is 1. The summed E-state index contributed by atoms with van der Waals surface area (Å²) >= 11 is 0. The van der Waals surface area contributed by atoms with Gasteiger partial charge in [0.05, 0.1) is 19.0 Å². The van der Waals surface area contributed by atoms with Crippen LogP contribution in [0, 0.1) is 0 Å². The first-order valence-corrected chi connectivity index (χ1v) is 6.30. The monoisotopic (exact) mass is 274 g/mol. The molecule has 0 spiro atoms. The van der Waals surface area contributed by atoms with Crippen molar-refractivity contribution in [3.8, 4) is 17.0 Å². The molecule has 0 aliphatic rings. The Labute approximate surface area is 117 Å². The summed E-state index contributed by atoms with van der Waals surface area (Å²) in [7, 11) is 1.59. The molecule has 2 N–H and O–H groups in total. The van der Waals surface area contributed by atoms with Crippen LogP contribution in [-0.2, 0) is 5.41 Å². The number of methoxy groups -OCH3 is 1. The number of carbonyl (C=O) groups is 1. The number of H-pyrrole nitrogens is 1. The van der Waals surface area contributed by atoms with E-state index < -0.39 is 5.97 Å². The van der Waals surface area contributed by atoms with E-state index >= 15 is 0 Å². The Bertz CT molecular complexity index is 639. The molecule has 5 nitrogen and oxygen atoms in total. The van der Waals surface area contributed by atoms with E-state index in [9.17, 15) is 4.79 Å². The van der Waals surface area contributed by atoms with E-state index in [1.165, 1.54) is 6.20 Å². The lowest BCUT2D eigenvalue weighted by molar-refractivity contribution is 0.0685. The number of benzene rings is 1. The summed E-state index contributed by atoms with van der Waals surface area (Å²) in [6.07, 6.45) is 1.51. The molecule has 0 unspecified atom stereocenters. The van der Waals surface area contributed by atoms with Gasteiger partial charge in [-0.15, -0.1) is 0 Å². The van der Waals surface area contributed by atoms with Gasteiger partial charge in [0.25, 0.3) is 0 Å². The number of ether oxygens (including phenoxy) is 1. The fourth-order valence-electron chi connectivity index (χ4n) is 1.95. The van der Waals surface area contributed by atoms with Gasteiger partial charge in [-0.25, -0.2) is 9.78 Å². The molecule has 1 aromatic heterocycles. The van der Waals surface area contributed by atoms with E-state index in [0.29, 0.717) is 11.4 Å². The highest BCUT2D eigenvalue weighted by molar-refractivity contribution is 5.84. The maximum atomic E-state index is 10.9. The SMILES string of the molecule is COc1ccc(C(C)(C)C)cc1-c1cnc(C(=O)O)[nH]1. The van der Waals surface area contributed by atoms with Gasteiger partial charge in [0.1, 0.15) is 5.75 Å². The standard InChI is InChI=1S/C15H18N2O3/c1-15(2,3)9-5-6-12(20-4)10(7-9)11-8-16-13(17-11)14(18)19/h5-8H,1-4H3,(H,16,17)(H,18,19). The molecule has 2 aromatic rings. The quantitative estimate of drug-likeness (QED) is 0.901. The number of rotatable bonds is 3. The average Bonchev–Trinajstić information content (AvgIpc) is 2.86. The summed E-state index contributed by atoms with van der Waals surface area (Å²) in [4.78, 5) is 17.5. The lowest BCUT2D eigenvalue weighted by Crippen LogP contribution is -2.11. The highest BCUT2D eigenvalue weighted by Gasteiger charge is 2.18. The molecular weight excluding hydrogens is 256 g/mol. The van der Waals surface area contributed by atoms with E-state index in [0.717, 1.165) is 11.1 Å². The van der Waals surface area contributed by atoms with Crippen LogP contribution in [0.3, 0.4) is 0 Å². The number of aromatic nitrogens is 2. The van der Waals surface area contributed by atoms with Crippen molar-refractivity contribution in [3.63, 3.8) is 0 Å². The first-order valence-electron chi connectivity index (χ1n) is 6.30. The summed E-state index contributed by atoms with van der Waals surface area (Å²) in [6, 6.07) is 5.89. The third-order valence-electron chi connectivity index (χ3n) is 3.13. The van der Waals surface area contributed by atoms with Gasteiger partial charge in [-0.1, -0.05) is 26.8 Å². The van der Waals surface area contributed by atoms with Crippen LogP contribution in [0.1, 0.15) is 37.0 Å². The zero-order chi connectivity index (χ0) is 14.9. The number of carboxylic acid groups (broad SMARTS) is 1. The van der Waals surface area contributed by atoms with Crippen molar-refractivity contribution in [1.82, 2.24) is 9.97 Å². The van der Waals surface area contributed by atoms with E-state index in [2.05, 4.69) is 30.7 Å². The molecule has 0 aliphatic heterocycles. The molecule has 0 fully saturated rings. The largest absolute Gasteiger partial charge is 0.496 e. The van der Waals surface area contributed by atoms with Crippen LogP contribution in [0.5, 0.6) is 5.75 Å². The third kappa shape index (κ3) is 2.66. The number of nitrogens with one attached hydrogen (secondary N) is 1. The summed E-state index contributed by atoms with van der Waals surface area (Å²) in [5.41, 5.74) is 2.57. The van der Waals surface area contributed by atoms with Gasteiger partial charge in [-0.05, 0) is 23.1 Å². The molecule has 0 saturated heterocycles. The van der Waals surface area contributed by atoms with Crippen LogP contribution in [0.4, 0.5) is 0 Å². The van der Waals surface area contributed by atoms with Gasteiger partial charge < -0.3 is 14.8 Å². The van der Waals surface area contributed by atoms with Gasteiger partial charge in [0, 0.05) is 5.56 Å². The zero-order valence-electron chi connectivity index (χ0n) is 12.0. The lowest BCUT2D eigenvalue weighted by atomic mass is 9.86. The predicted molar refractivity (Wildman–Crippen MR) is 76.2 cm³/mol. The Kier molecular flexibility index (Phi) is 3.53. The second kappa shape index (κ2) is 5.00. The molecule has 0 bridgehead atoms. The Hall–Kier alpha value is -2.30. The molecule has 106 valence electrons. The molecule has 0 amide bonds. The van der Waals surface area contributed by atoms with Gasteiger partial charge in [-0.2, -0.15) is 0 Å². The van der Waals surface area contributed by atoms with E-state index in [4.69, 9.17) is 9.84 Å². The second-order valence-corrected chi connectivity index (χ2v) is 5.62. The fourth-order valence-corrected chi connectivity index (χ4v) is 1.95. The van der Waals surface area contributed by atoms with Crippen LogP contribution < -0.4 is 4.74 Å². The van der Waals surface area contributed by atoms with Crippen LogP contribution in [0.25, 0.3) is 11.3 Å². The lowest BCUT2D eigenvalue weighted by Gasteiger charge is -2.20. The molecule has 20 heavy (non-hydrogen) atoms. The molecule has 0 saturated carbocycles. The number of aromatic carboxylic acids is 1. The smallest absolute Gasteiger partial charge is 0.371 e. The first-order chi connectivity index (χ1) is 9.32. The summed E-state index contributed by atoms with van der Waals surface area (Å²) in [6.45, 7) is 6.36.